The third-order valence-electron chi connectivity index (χ3n) is 7.30. The van der Waals surface area contributed by atoms with Crippen LogP contribution in [0.5, 0.6) is 5.75 Å². The number of phenolic OH excluding ortho intramolecular Hbond substituents is 1. The van der Waals surface area contributed by atoms with Crippen LogP contribution < -0.4 is 15.8 Å². The van der Waals surface area contributed by atoms with Crippen LogP contribution in [0.15, 0.2) is 47.5 Å². The Morgan fingerprint density at radius 2 is 1.91 bits per heavy atom. The van der Waals surface area contributed by atoms with E-state index in [4.69, 9.17) is 0 Å². The van der Waals surface area contributed by atoms with Crippen LogP contribution in [-0.2, 0) is 7.05 Å². The number of pyridine rings is 1. The number of hydrogen-bond acceptors (Lipinski definition) is 7. The molecule has 34 heavy (non-hydrogen) atoms. The molecule has 0 unspecified atom stereocenters. The van der Waals surface area contributed by atoms with Crippen LogP contribution in [0.1, 0.15) is 32.1 Å². The highest BCUT2D eigenvalue weighted by molar-refractivity contribution is 5.72. The largest absolute Gasteiger partial charge is 0.507 e. The fourth-order valence-corrected chi connectivity index (χ4v) is 5.40. The summed E-state index contributed by atoms with van der Waals surface area (Å²) < 4.78 is 15.7. The highest BCUT2D eigenvalue weighted by atomic mass is 19.1. The number of hydrogen-bond donors (Lipinski definition) is 2. The number of aromatic hydroxyl groups is 1. The van der Waals surface area contributed by atoms with E-state index >= 15 is 0 Å². The third kappa shape index (κ3) is 3.83. The van der Waals surface area contributed by atoms with E-state index < -0.39 is 6.17 Å². The van der Waals surface area contributed by atoms with Gasteiger partial charge in [-0.05, 0) is 61.4 Å². The minimum absolute atomic E-state index is 0.0238. The van der Waals surface area contributed by atoms with E-state index in [1.54, 1.807) is 31.6 Å². The number of fused-ring (bicyclic) bond motifs is 2. The second kappa shape index (κ2) is 8.16. The molecule has 2 N–H and O–H groups in total. The summed E-state index contributed by atoms with van der Waals surface area (Å²) >= 11 is 0. The molecule has 2 bridgehead atoms. The van der Waals surface area contributed by atoms with Gasteiger partial charge in [-0.3, -0.25) is 4.79 Å². The summed E-state index contributed by atoms with van der Waals surface area (Å²) in [6, 6.07) is 9.33. The first kappa shape index (κ1) is 21.2. The fourth-order valence-electron chi connectivity index (χ4n) is 5.40. The SMILES string of the molecule is Cn1ccc(-c2ccc(-c3ncc(N(C4CC4)[C@@H]4C[C@@H]5C[C@H](F)[C@H](C4)N5)nn3)c(O)c2)cc1=O. The molecule has 4 atom stereocenters. The zero-order chi connectivity index (χ0) is 23.4. The molecule has 0 amide bonds. The van der Waals surface area contributed by atoms with Crippen molar-refractivity contribution in [1.29, 1.82) is 0 Å². The Bertz CT molecular complexity index is 1270. The van der Waals surface area contributed by atoms with Crippen molar-refractivity contribution in [2.24, 2.45) is 7.05 Å². The van der Waals surface area contributed by atoms with Gasteiger partial charge in [0.1, 0.15) is 11.9 Å². The lowest BCUT2D eigenvalue weighted by atomic mass is 9.98. The molecule has 1 aromatic carbocycles. The first-order chi connectivity index (χ1) is 16.5. The van der Waals surface area contributed by atoms with Crippen LogP contribution in [0.25, 0.3) is 22.5 Å². The molecule has 2 saturated heterocycles. The van der Waals surface area contributed by atoms with Crippen LogP contribution in [0.4, 0.5) is 10.2 Å². The van der Waals surface area contributed by atoms with Gasteiger partial charge in [0.15, 0.2) is 11.6 Å². The van der Waals surface area contributed by atoms with Gasteiger partial charge in [-0.25, -0.2) is 9.37 Å². The maximum absolute atomic E-state index is 14.2. The van der Waals surface area contributed by atoms with Gasteiger partial charge in [-0.2, -0.15) is 0 Å². The molecule has 2 aliphatic heterocycles. The topological polar surface area (TPSA) is 96.2 Å². The number of benzene rings is 1. The number of piperidine rings is 1. The van der Waals surface area contributed by atoms with Gasteiger partial charge < -0.3 is 19.9 Å². The highest BCUT2D eigenvalue weighted by Crippen LogP contribution is 2.39. The van der Waals surface area contributed by atoms with E-state index in [0.717, 1.165) is 36.8 Å². The number of aryl methyl sites for hydroxylation is 1. The summed E-state index contributed by atoms with van der Waals surface area (Å²) in [6.45, 7) is 0. The summed E-state index contributed by atoms with van der Waals surface area (Å²) in [5, 5.41) is 22.8. The quantitative estimate of drug-likeness (QED) is 0.602. The number of nitrogens with zero attached hydrogens (tertiary/aromatic N) is 5. The van der Waals surface area contributed by atoms with Crippen molar-refractivity contribution in [2.45, 2.75) is 62.4 Å². The molecule has 3 aromatic rings. The van der Waals surface area contributed by atoms with Crippen molar-refractivity contribution in [3.8, 4) is 28.3 Å². The lowest BCUT2D eigenvalue weighted by molar-refractivity contribution is 0.271. The highest BCUT2D eigenvalue weighted by Gasteiger charge is 2.45. The number of rotatable bonds is 5. The van der Waals surface area contributed by atoms with Crippen LogP contribution in [0.3, 0.4) is 0 Å². The molecule has 8 nitrogen and oxygen atoms in total. The monoisotopic (exact) mass is 462 g/mol. The normalized spacial score (nSPS) is 25.9. The van der Waals surface area contributed by atoms with E-state index in [2.05, 4.69) is 25.4 Å². The van der Waals surface area contributed by atoms with E-state index in [1.807, 2.05) is 12.1 Å². The Labute approximate surface area is 196 Å². The van der Waals surface area contributed by atoms with E-state index in [0.29, 0.717) is 29.7 Å². The summed E-state index contributed by atoms with van der Waals surface area (Å²) in [4.78, 5) is 18.7. The minimum atomic E-state index is -0.771. The van der Waals surface area contributed by atoms with Crippen molar-refractivity contribution in [2.75, 3.05) is 4.90 Å². The van der Waals surface area contributed by atoms with Gasteiger partial charge in [-0.15, -0.1) is 10.2 Å². The third-order valence-corrected chi connectivity index (χ3v) is 7.30. The minimum Gasteiger partial charge on any atom is -0.507 e. The summed E-state index contributed by atoms with van der Waals surface area (Å²) in [6.07, 6.45) is 7.11. The van der Waals surface area contributed by atoms with Crippen molar-refractivity contribution < 1.29 is 9.50 Å². The molecule has 1 aliphatic carbocycles. The first-order valence-electron chi connectivity index (χ1n) is 11.8. The Morgan fingerprint density at radius 3 is 2.59 bits per heavy atom. The average Bonchev–Trinajstić information content (AvgIpc) is 3.62. The number of phenols is 1. The number of halogens is 1. The van der Waals surface area contributed by atoms with Crippen LogP contribution >= 0.6 is 0 Å². The molecule has 4 heterocycles. The average molecular weight is 463 g/mol. The Morgan fingerprint density at radius 1 is 1.09 bits per heavy atom. The number of anilines is 1. The first-order valence-corrected chi connectivity index (χ1v) is 11.8. The van der Waals surface area contributed by atoms with Gasteiger partial charge in [0.2, 0.25) is 0 Å². The Hall–Kier alpha value is -3.33. The number of nitrogens with one attached hydrogen (secondary N) is 1. The van der Waals surface area contributed by atoms with Gasteiger partial charge in [0.25, 0.3) is 5.56 Å². The molecule has 3 aliphatic rings. The van der Waals surface area contributed by atoms with Gasteiger partial charge >= 0.3 is 0 Å². The van der Waals surface area contributed by atoms with Crippen molar-refractivity contribution >= 4 is 5.82 Å². The molecule has 2 aromatic heterocycles. The summed E-state index contributed by atoms with van der Waals surface area (Å²) in [5.74, 6) is 1.07. The molecular weight excluding hydrogens is 435 g/mol. The van der Waals surface area contributed by atoms with E-state index in [1.165, 1.54) is 10.6 Å². The Kier molecular flexibility index (Phi) is 5.09. The zero-order valence-electron chi connectivity index (χ0n) is 18.9. The van der Waals surface area contributed by atoms with E-state index in [-0.39, 0.29) is 29.4 Å². The predicted molar refractivity (Wildman–Crippen MR) is 126 cm³/mol. The summed E-state index contributed by atoms with van der Waals surface area (Å²) in [7, 11) is 1.69. The maximum Gasteiger partial charge on any atom is 0.250 e. The van der Waals surface area contributed by atoms with Crippen molar-refractivity contribution in [3.05, 3.63) is 53.1 Å². The van der Waals surface area contributed by atoms with Crippen LogP contribution in [-0.4, -0.2) is 55.2 Å². The van der Waals surface area contributed by atoms with Gasteiger partial charge in [0, 0.05) is 43.5 Å². The number of aromatic nitrogens is 4. The molecule has 9 heteroatoms. The zero-order valence-corrected chi connectivity index (χ0v) is 18.9. The van der Waals surface area contributed by atoms with Gasteiger partial charge in [0.05, 0.1) is 11.8 Å². The molecule has 6 rings (SSSR count). The molecule has 3 fully saturated rings. The predicted octanol–water partition coefficient (Wildman–Crippen LogP) is 2.81. The molecule has 0 radical (unpaired) electrons. The standard InChI is InChI=1S/C25H27FN6O2/c1-31-7-6-15(9-24(31)34)14-2-5-19(22(33)8-14)25-27-13-23(29-30-25)32(17-3-4-17)18-10-16-11-20(26)21(12-18)28-16/h2,5-9,13,16-18,20-21,28,33H,3-4,10-12H2,1H3/t16-,18-,20+,21+/m1/s1. The number of alkyl halides is 1. The molecule has 0 spiro atoms. The van der Waals surface area contributed by atoms with Gasteiger partial charge in [-0.1, -0.05) is 6.07 Å². The maximum atomic E-state index is 14.2. The smallest absolute Gasteiger partial charge is 0.250 e. The second-order valence-electron chi connectivity index (χ2n) is 9.72. The van der Waals surface area contributed by atoms with Crippen molar-refractivity contribution in [3.63, 3.8) is 0 Å². The summed E-state index contributed by atoms with van der Waals surface area (Å²) in [5.41, 5.74) is 1.82. The van der Waals surface area contributed by atoms with Crippen LogP contribution in [0, 0.1) is 0 Å². The van der Waals surface area contributed by atoms with Crippen molar-refractivity contribution in [1.82, 2.24) is 25.1 Å². The molecular formula is C25H27FN6O2. The van der Waals surface area contributed by atoms with E-state index in [9.17, 15) is 14.3 Å². The lowest BCUT2D eigenvalue weighted by Crippen LogP contribution is -2.50. The second-order valence-corrected chi connectivity index (χ2v) is 9.72. The van der Waals surface area contributed by atoms with Crippen LogP contribution in [0.2, 0.25) is 0 Å². The lowest BCUT2D eigenvalue weighted by Gasteiger charge is -2.38. The molecule has 1 saturated carbocycles. The fraction of sp³-hybridized carbons (Fsp3) is 0.440. The Balaban J connectivity index is 1.25. The molecule has 176 valence electrons.